The largest absolute Gasteiger partial charge is 0.487 e. The molecule has 2 aromatic rings. The Kier molecular flexibility index (Phi) is 6.36. The Morgan fingerprint density at radius 1 is 1.13 bits per heavy atom. The number of ether oxygens (including phenoxy) is 5. The summed E-state index contributed by atoms with van der Waals surface area (Å²) in [4.78, 5) is 13.0. The molecule has 7 nitrogen and oxygen atoms in total. The van der Waals surface area contributed by atoms with Crippen molar-refractivity contribution in [3.8, 4) is 11.5 Å². The molecule has 0 unspecified atom stereocenters. The number of methoxy groups -OCH3 is 2. The zero-order valence-corrected chi connectivity index (χ0v) is 18.5. The van der Waals surface area contributed by atoms with E-state index in [-0.39, 0.29) is 37.0 Å². The minimum Gasteiger partial charge on any atom is -0.487 e. The van der Waals surface area contributed by atoms with Gasteiger partial charge in [0.15, 0.2) is 12.6 Å². The lowest BCUT2D eigenvalue weighted by Crippen LogP contribution is -2.48. The third kappa shape index (κ3) is 4.35. The fourth-order valence-electron chi connectivity index (χ4n) is 4.94. The summed E-state index contributed by atoms with van der Waals surface area (Å²) in [6, 6.07) is 5.25. The van der Waals surface area contributed by atoms with Gasteiger partial charge >= 0.3 is 0 Å². The molecule has 1 fully saturated rings. The van der Waals surface area contributed by atoms with Crippen LogP contribution in [-0.2, 0) is 14.2 Å². The third-order valence-electron chi connectivity index (χ3n) is 6.34. The van der Waals surface area contributed by atoms with E-state index >= 15 is 0 Å². The maximum Gasteiger partial charge on any atom is 0.196 e. The SMILES string of the molecule is COCOc1cc(C(=O)c2ccoc2)cc2c1[C@@H]1C[C@H](OCOC)CC[C@H]1C(C)(C)O2. The summed E-state index contributed by atoms with van der Waals surface area (Å²) < 4.78 is 33.7. The highest BCUT2D eigenvalue weighted by atomic mass is 16.7. The molecule has 7 heteroatoms. The minimum atomic E-state index is -0.375. The maximum absolute atomic E-state index is 13.0. The lowest BCUT2D eigenvalue weighted by molar-refractivity contribution is -0.105. The van der Waals surface area contributed by atoms with Crippen LogP contribution in [0.4, 0.5) is 0 Å². The molecule has 0 amide bonds. The molecule has 1 aromatic heterocycles. The van der Waals surface area contributed by atoms with Gasteiger partial charge in [0.05, 0.1) is 17.9 Å². The Morgan fingerprint density at radius 2 is 1.94 bits per heavy atom. The Balaban J connectivity index is 1.76. The van der Waals surface area contributed by atoms with Gasteiger partial charge < -0.3 is 28.1 Å². The van der Waals surface area contributed by atoms with Crippen molar-refractivity contribution in [2.24, 2.45) is 5.92 Å². The van der Waals surface area contributed by atoms with Gasteiger partial charge in [-0.3, -0.25) is 4.79 Å². The molecule has 0 spiro atoms. The second kappa shape index (κ2) is 9.02. The summed E-state index contributed by atoms with van der Waals surface area (Å²) in [5.41, 5.74) is 1.58. The van der Waals surface area contributed by atoms with E-state index in [2.05, 4.69) is 13.8 Å². The van der Waals surface area contributed by atoms with Crippen LogP contribution in [0.2, 0.25) is 0 Å². The van der Waals surface area contributed by atoms with E-state index in [9.17, 15) is 4.79 Å². The second-order valence-electron chi connectivity index (χ2n) is 8.70. The molecule has 168 valence electrons. The van der Waals surface area contributed by atoms with E-state index in [1.807, 2.05) is 6.07 Å². The molecule has 2 aliphatic rings. The summed E-state index contributed by atoms with van der Waals surface area (Å²) in [5, 5.41) is 0. The van der Waals surface area contributed by atoms with E-state index in [4.69, 9.17) is 28.1 Å². The predicted octanol–water partition coefficient (Wildman–Crippen LogP) is 4.54. The van der Waals surface area contributed by atoms with Crippen LogP contribution in [0.15, 0.2) is 35.1 Å². The highest BCUT2D eigenvalue weighted by Gasteiger charge is 2.48. The average molecular weight is 430 g/mol. The fourth-order valence-corrected chi connectivity index (χ4v) is 4.94. The van der Waals surface area contributed by atoms with Crippen molar-refractivity contribution in [2.75, 3.05) is 27.8 Å². The molecule has 0 radical (unpaired) electrons. The van der Waals surface area contributed by atoms with Crippen LogP contribution >= 0.6 is 0 Å². The summed E-state index contributed by atoms with van der Waals surface area (Å²) in [6.45, 7) is 4.59. The van der Waals surface area contributed by atoms with Crippen LogP contribution in [0, 0.1) is 5.92 Å². The van der Waals surface area contributed by atoms with Crippen molar-refractivity contribution in [1.29, 1.82) is 0 Å². The van der Waals surface area contributed by atoms with Gasteiger partial charge in [0.1, 0.15) is 30.2 Å². The average Bonchev–Trinajstić information content (AvgIpc) is 3.29. The van der Waals surface area contributed by atoms with Crippen LogP contribution in [0.3, 0.4) is 0 Å². The predicted molar refractivity (Wildman–Crippen MR) is 113 cm³/mol. The first-order valence-corrected chi connectivity index (χ1v) is 10.6. The minimum absolute atomic E-state index is 0.0835. The van der Waals surface area contributed by atoms with Gasteiger partial charge in [0, 0.05) is 37.2 Å². The van der Waals surface area contributed by atoms with Crippen molar-refractivity contribution in [2.45, 2.75) is 50.7 Å². The highest BCUT2D eigenvalue weighted by molar-refractivity contribution is 6.09. The Bertz CT molecular complexity index is 903. The number of rotatable bonds is 8. The number of hydrogen-bond acceptors (Lipinski definition) is 7. The van der Waals surface area contributed by atoms with Crippen LogP contribution in [0.25, 0.3) is 0 Å². The van der Waals surface area contributed by atoms with E-state index < -0.39 is 0 Å². The molecule has 1 aliphatic heterocycles. The lowest BCUT2D eigenvalue weighted by Gasteiger charge is -2.49. The number of hydrogen-bond donors (Lipinski definition) is 0. The van der Waals surface area contributed by atoms with Crippen molar-refractivity contribution in [3.05, 3.63) is 47.4 Å². The molecule has 1 aromatic carbocycles. The number of benzene rings is 1. The summed E-state index contributed by atoms with van der Waals surface area (Å²) in [5.74, 6) is 1.64. The molecule has 0 bridgehead atoms. The molecule has 0 saturated heterocycles. The molecule has 3 atom stereocenters. The highest BCUT2D eigenvalue weighted by Crippen LogP contribution is 2.55. The lowest BCUT2D eigenvalue weighted by atomic mass is 9.65. The van der Waals surface area contributed by atoms with Crippen LogP contribution in [0.5, 0.6) is 11.5 Å². The van der Waals surface area contributed by atoms with Crippen molar-refractivity contribution in [1.82, 2.24) is 0 Å². The quantitative estimate of drug-likeness (QED) is 0.450. The van der Waals surface area contributed by atoms with E-state index in [1.165, 1.54) is 12.5 Å². The Hall–Kier alpha value is -2.35. The van der Waals surface area contributed by atoms with Crippen LogP contribution in [-0.4, -0.2) is 45.3 Å². The van der Waals surface area contributed by atoms with Gasteiger partial charge in [-0.15, -0.1) is 0 Å². The molecule has 1 saturated carbocycles. The normalized spacial score (nSPS) is 24.1. The molecular weight excluding hydrogens is 400 g/mol. The van der Waals surface area contributed by atoms with Crippen molar-refractivity contribution in [3.63, 3.8) is 0 Å². The van der Waals surface area contributed by atoms with E-state index in [0.29, 0.717) is 28.5 Å². The van der Waals surface area contributed by atoms with Crippen molar-refractivity contribution < 1.29 is 32.9 Å². The summed E-state index contributed by atoms with van der Waals surface area (Å²) in [7, 11) is 3.21. The van der Waals surface area contributed by atoms with Gasteiger partial charge in [-0.25, -0.2) is 0 Å². The van der Waals surface area contributed by atoms with Gasteiger partial charge in [-0.1, -0.05) is 0 Å². The summed E-state index contributed by atoms with van der Waals surface area (Å²) >= 11 is 0. The number of ketones is 1. The zero-order chi connectivity index (χ0) is 22.0. The Morgan fingerprint density at radius 3 is 2.65 bits per heavy atom. The number of carbonyl (C=O) groups excluding carboxylic acids is 1. The molecular formula is C24H30O7. The third-order valence-corrected chi connectivity index (χ3v) is 6.34. The monoisotopic (exact) mass is 430 g/mol. The van der Waals surface area contributed by atoms with Gasteiger partial charge in [0.2, 0.25) is 0 Å². The molecule has 4 rings (SSSR count). The maximum atomic E-state index is 13.0. The number of carbonyl (C=O) groups is 1. The topological polar surface area (TPSA) is 76.4 Å². The molecule has 0 N–H and O–H groups in total. The van der Waals surface area contributed by atoms with Crippen molar-refractivity contribution >= 4 is 5.78 Å². The van der Waals surface area contributed by atoms with E-state index in [0.717, 1.165) is 24.8 Å². The van der Waals surface area contributed by atoms with Crippen LogP contribution in [0.1, 0.15) is 60.5 Å². The zero-order valence-electron chi connectivity index (χ0n) is 18.5. The first-order chi connectivity index (χ1) is 14.9. The molecule has 31 heavy (non-hydrogen) atoms. The number of fused-ring (bicyclic) bond motifs is 3. The smallest absolute Gasteiger partial charge is 0.196 e. The van der Waals surface area contributed by atoms with Crippen LogP contribution < -0.4 is 9.47 Å². The Labute approximate surface area is 182 Å². The first-order valence-electron chi connectivity index (χ1n) is 10.6. The number of furan rings is 1. The van der Waals surface area contributed by atoms with Gasteiger partial charge in [0.25, 0.3) is 0 Å². The first kappa shape index (κ1) is 21.9. The fraction of sp³-hybridized carbons (Fsp3) is 0.542. The molecule has 2 heterocycles. The molecule has 1 aliphatic carbocycles. The van der Waals surface area contributed by atoms with E-state index in [1.54, 1.807) is 26.4 Å². The standard InChI is InChI=1S/C24H30O7/c1-24(2)19-6-5-17(29-13-26-3)11-18(19)22-20(30-14-27-4)9-16(10-21(22)31-24)23(25)15-7-8-28-12-15/h7-10,12,17-19H,5-6,11,13-14H2,1-4H3/t17-,18-,19-/m1/s1. The van der Waals surface area contributed by atoms with Gasteiger partial charge in [-0.2, -0.15) is 0 Å². The second-order valence-corrected chi connectivity index (χ2v) is 8.70. The summed E-state index contributed by atoms with van der Waals surface area (Å²) in [6.07, 6.45) is 5.80. The van der Waals surface area contributed by atoms with Gasteiger partial charge in [-0.05, 0) is 51.3 Å².